The Hall–Kier alpha value is -1.99. The van der Waals surface area contributed by atoms with Crippen LogP contribution in [0, 0.1) is 5.82 Å². The van der Waals surface area contributed by atoms with E-state index in [0.29, 0.717) is 24.1 Å². The Morgan fingerprint density at radius 1 is 1.29 bits per heavy atom. The van der Waals surface area contributed by atoms with Crippen molar-refractivity contribution in [1.82, 2.24) is 20.0 Å². The van der Waals surface area contributed by atoms with Gasteiger partial charge < -0.3 is 10.2 Å². The smallest absolute Gasteiger partial charge is 0.276 e. The van der Waals surface area contributed by atoms with Crippen LogP contribution in [0.2, 0.25) is 0 Å². The predicted molar refractivity (Wildman–Crippen MR) is 109 cm³/mol. The molecule has 3 heterocycles. The van der Waals surface area contributed by atoms with E-state index in [4.69, 9.17) is 0 Å². The third-order valence-electron chi connectivity index (χ3n) is 6.00. The Labute approximate surface area is 169 Å². The summed E-state index contributed by atoms with van der Waals surface area (Å²) in [5, 5.41) is 7.52. The molecular formula is C20H26ClFN4O2. The number of halogens is 2. The van der Waals surface area contributed by atoms with E-state index < -0.39 is 17.2 Å². The number of rotatable bonds is 4. The Kier molecular flexibility index (Phi) is 6.05. The minimum Gasteiger partial charge on any atom is -0.348 e. The molecule has 2 bridgehead atoms. The molecule has 1 amide bonds. The fourth-order valence-electron chi connectivity index (χ4n) is 4.58. The highest BCUT2D eigenvalue weighted by Gasteiger charge is 2.39. The van der Waals surface area contributed by atoms with Gasteiger partial charge >= 0.3 is 0 Å². The van der Waals surface area contributed by atoms with Crippen LogP contribution in [0.25, 0.3) is 10.9 Å². The van der Waals surface area contributed by atoms with Crippen molar-refractivity contribution in [1.29, 1.82) is 0 Å². The molecule has 2 aromatic rings. The van der Waals surface area contributed by atoms with E-state index in [1.165, 1.54) is 12.1 Å². The van der Waals surface area contributed by atoms with Gasteiger partial charge in [0.25, 0.3) is 5.91 Å². The average molecular weight is 409 g/mol. The lowest BCUT2D eigenvalue weighted by atomic mass is 9.98. The van der Waals surface area contributed by atoms with Crippen LogP contribution in [0.4, 0.5) is 4.39 Å². The molecule has 1 aromatic carbocycles. The molecule has 1 N–H and O–H groups in total. The van der Waals surface area contributed by atoms with Gasteiger partial charge in [-0.1, -0.05) is 6.92 Å². The molecule has 4 rings (SSSR count). The topological polar surface area (TPSA) is 67.2 Å². The van der Waals surface area contributed by atoms with E-state index in [0.717, 1.165) is 32.1 Å². The molecule has 2 unspecified atom stereocenters. The highest BCUT2D eigenvalue weighted by Crippen LogP contribution is 2.34. The van der Waals surface area contributed by atoms with Crippen molar-refractivity contribution in [2.45, 2.75) is 63.7 Å². The molecular weight excluding hydrogens is 383 g/mol. The van der Waals surface area contributed by atoms with E-state index in [2.05, 4.69) is 22.4 Å². The minimum atomic E-state index is -0.509. The van der Waals surface area contributed by atoms with Gasteiger partial charge in [0.05, 0.1) is 10.9 Å². The highest BCUT2D eigenvalue weighted by atomic mass is 35.5. The number of hydrogen-bond donors (Lipinski definition) is 1. The van der Waals surface area contributed by atoms with Crippen molar-refractivity contribution >= 4 is 29.2 Å². The second-order valence-electron chi connectivity index (χ2n) is 7.75. The fourth-order valence-corrected chi connectivity index (χ4v) is 4.58. The van der Waals surface area contributed by atoms with Crippen LogP contribution in [-0.4, -0.2) is 45.8 Å². The molecule has 152 valence electrons. The molecule has 0 radical (unpaired) electrons. The van der Waals surface area contributed by atoms with Crippen LogP contribution >= 0.6 is 12.4 Å². The summed E-state index contributed by atoms with van der Waals surface area (Å²) in [6.45, 7) is 2.55. The zero-order chi connectivity index (χ0) is 19.1. The zero-order valence-corrected chi connectivity index (χ0v) is 17.0. The normalized spacial score (nSPS) is 24.2. The van der Waals surface area contributed by atoms with Crippen LogP contribution in [0.5, 0.6) is 0 Å². The summed E-state index contributed by atoms with van der Waals surface area (Å²) < 4.78 is 15.3. The lowest BCUT2D eigenvalue weighted by molar-refractivity contribution is 0.0874. The third kappa shape index (κ3) is 3.65. The lowest BCUT2D eigenvalue weighted by Gasteiger charge is -2.36. The van der Waals surface area contributed by atoms with Gasteiger partial charge in [0.2, 0.25) is 5.43 Å². The third-order valence-corrected chi connectivity index (χ3v) is 6.00. The first kappa shape index (κ1) is 20.7. The fraction of sp³-hybridized carbons (Fsp3) is 0.550. The maximum atomic E-state index is 13.7. The number of nitrogens with zero attached hydrogens (tertiary/aromatic N) is 3. The van der Waals surface area contributed by atoms with E-state index >= 15 is 0 Å². The van der Waals surface area contributed by atoms with Crippen molar-refractivity contribution < 1.29 is 9.18 Å². The first-order chi connectivity index (χ1) is 13.0. The summed E-state index contributed by atoms with van der Waals surface area (Å²) in [4.78, 5) is 28.0. The van der Waals surface area contributed by atoms with Crippen LogP contribution in [0.3, 0.4) is 0 Å². The van der Waals surface area contributed by atoms with Crippen molar-refractivity contribution in [2.24, 2.45) is 0 Å². The minimum absolute atomic E-state index is 0. The summed E-state index contributed by atoms with van der Waals surface area (Å²) in [7, 11) is 2.14. The van der Waals surface area contributed by atoms with Gasteiger partial charge in [0.1, 0.15) is 5.82 Å². The molecule has 2 saturated heterocycles. The van der Waals surface area contributed by atoms with Crippen molar-refractivity contribution in [2.75, 3.05) is 7.05 Å². The van der Waals surface area contributed by atoms with E-state index in [1.807, 2.05) is 6.92 Å². The van der Waals surface area contributed by atoms with Crippen LogP contribution in [0.1, 0.15) is 49.5 Å². The summed E-state index contributed by atoms with van der Waals surface area (Å²) in [6, 6.07) is 5.08. The van der Waals surface area contributed by atoms with E-state index in [1.54, 1.807) is 10.7 Å². The van der Waals surface area contributed by atoms with Gasteiger partial charge in [-0.25, -0.2) is 4.39 Å². The molecule has 0 saturated carbocycles. The number of carbonyl (C=O) groups excluding carboxylic acids is 1. The Balaban J connectivity index is 0.00000225. The van der Waals surface area contributed by atoms with Gasteiger partial charge in [-0.15, -0.1) is 12.4 Å². The molecule has 8 heteroatoms. The molecule has 6 nitrogen and oxygen atoms in total. The maximum Gasteiger partial charge on any atom is 0.276 e. The molecule has 2 aliphatic heterocycles. The quantitative estimate of drug-likeness (QED) is 0.844. The van der Waals surface area contributed by atoms with Gasteiger partial charge in [0, 0.05) is 24.7 Å². The molecule has 2 atom stereocenters. The van der Waals surface area contributed by atoms with Crippen LogP contribution in [0.15, 0.2) is 23.0 Å². The number of amides is 1. The monoisotopic (exact) mass is 408 g/mol. The average Bonchev–Trinajstić information content (AvgIpc) is 2.85. The van der Waals surface area contributed by atoms with Crippen LogP contribution < -0.4 is 10.7 Å². The van der Waals surface area contributed by atoms with E-state index in [9.17, 15) is 14.0 Å². The highest BCUT2D eigenvalue weighted by molar-refractivity contribution is 5.95. The van der Waals surface area contributed by atoms with Crippen LogP contribution in [-0.2, 0) is 6.54 Å². The first-order valence-corrected chi connectivity index (χ1v) is 9.71. The lowest BCUT2D eigenvalue weighted by Crippen LogP contribution is -2.49. The van der Waals surface area contributed by atoms with Gasteiger partial charge in [-0.05, 0) is 57.4 Å². The predicted octanol–water partition coefficient (Wildman–Crippen LogP) is 2.72. The summed E-state index contributed by atoms with van der Waals surface area (Å²) >= 11 is 0. The standard InChI is InChI=1S/C20H25FN4O2.ClH/c1-3-8-25-17-7-4-12(21)9-16(17)19(26)18(23-25)20(27)22-13-10-14-5-6-15(11-13)24(14)2;/h4,7,9,13-15H,3,5-6,8,10-11H2,1-2H3,(H,22,27);1H. The molecule has 0 spiro atoms. The molecule has 28 heavy (non-hydrogen) atoms. The van der Waals surface area contributed by atoms with Crippen molar-refractivity contribution in [3.05, 3.63) is 39.9 Å². The van der Waals surface area contributed by atoms with Gasteiger partial charge in [-0.3, -0.25) is 14.3 Å². The Morgan fingerprint density at radius 3 is 2.61 bits per heavy atom. The second-order valence-corrected chi connectivity index (χ2v) is 7.75. The first-order valence-electron chi connectivity index (χ1n) is 9.71. The summed E-state index contributed by atoms with van der Waals surface area (Å²) in [6.07, 6.45) is 4.89. The van der Waals surface area contributed by atoms with Crippen molar-refractivity contribution in [3.63, 3.8) is 0 Å². The number of aromatic nitrogens is 2. The van der Waals surface area contributed by atoms with E-state index in [-0.39, 0.29) is 29.5 Å². The number of carbonyl (C=O) groups is 1. The number of fused-ring (bicyclic) bond motifs is 3. The number of aryl methyl sites for hydroxylation is 1. The molecule has 0 aliphatic carbocycles. The number of hydrogen-bond acceptors (Lipinski definition) is 4. The second kappa shape index (κ2) is 8.17. The zero-order valence-electron chi connectivity index (χ0n) is 16.2. The Morgan fingerprint density at radius 2 is 1.96 bits per heavy atom. The summed E-state index contributed by atoms with van der Waals surface area (Å²) in [5.74, 6) is -0.947. The summed E-state index contributed by atoms with van der Waals surface area (Å²) in [5.41, 5.74) is -0.102. The number of piperidine rings is 1. The SMILES string of the molecule is CCCn1nc(C(=O)NC2CC3CCC(C2)N3C)c(=O)c2cc(F)ccc21.Cl. The van der Waals surface area contributed by atoms with Gasteiger partial charge in [0.15, 0.2) is 5.69 Å². The molecule has 2 aliphatic rings. The van der Waals surface area contributed by atoms with Gasteiger partial charge in [-0.2, -0.15) is 5.10 Å². The number of benzene rings is 1. The molecule has 1 aromatic heterocycles. The number of nitrogens with one attached hydrogen (secondary N) is 1. The maximum absolute atomic E-state index is 13.7. The largest absolute Gasteiger partial charge is 0.348 e. The molecule has 2 fully saturated rings. The van der Waals surface area contributed by atoms with Crippen molar-refractivity contribution in [3.8, 4) is 0 Å². The Bertz CT molecular complexity index is 934.